The van der Waals surface area contributed by atoms with Crippen molar-refractivity contribution in [3.63, 3.8) is 0 Å². The normalized spacial score (nSPS) is 19.0. The maximum Gasteiger partial charge on any atom is 0.259 e. The highest BCUT2D eigenvalue weighted by Crippen LogP contribution is 2.17. The summed E-state index contributed by atoms with van der Waals surface area (Å²) in [5.41, 5.74) is 5.15. The van der Waals surface area contributed by atoms with Gasteiger partial charge in [-0.25, -0.2) is 8.78 Å². The Bertz CT molecular complexity index is 408. The Hall–Kier alpha value is -1.20. The molecule has 0 spiro atoms. The van der Waals surface area contributed by atoms with Crippen molar-refractivity contribution < 1.29 is 13.6 Å². The predicted octanol–water partition coefficient (Wildman–Crippen LogP) is 1.56. The third-order valence-electron chi connectivity index (χ3n) is 2.69. The summed E-state index contributed by atoms with van der Waals surface area (Å²) >= 11 is 0. The molecular formula is C11H13ClF2N2O. The summed E-state index contributed by atoms with van der Waals surface area (Å²) in [7, 11) is 0. The van der Waals surface area contributed by atoms with Gasteiger partial charge in [-0.15, -0.1) is 12.4 Å². The molecule has 1 fully saturated rings. The van der Waals surface area contributed by atoms with E-state index in [1.54, 1.807) is 0 Å². The van der Waals surface area contributed by atoms with E-state index in [4.69, 9.17) is 5.73 Å². The molecule has 1 heterocycles. The van der Waals surface area contributed by atoms with E-state index in [-0.39, 0.29) is 18.4 Å². The number of hydrogen-bond acceptors (Lipinski definition) is 2. The average Bonchev–Trinajstić information content (AvgIpc) is 2.64. The third-order valence-corrected chi connectivity index (χ3v) is 2.69. The first-order valence-corrected chi connectivity index (χ1v) is 5.08. The van der Waals surface area contributed by atoms with Crippen LogP contribution in [0.1, 0.15) is 16.8 Å². The highest BCUT2D eigenvalue weighted by molar-refractivity contribution is 5.95. The molecule has 1 atom stereocenters. The molecule has 94 valence electrons. The first kappa shape index (κ1) is 13.9. The van der Waals surface area contributed by atoms with Gasteiger partial charge in [-0.3, -0.25) is 4.79 Å². The lowest BCUT2D eigenvalue weighted by atomic mass is 10.1. The maximum atomic E-state index is 13.3. The van der Waals surface area contributed by atoms with Crippen LogP contribution in [0.2, 0.25) is 0 Å². The molecule has 0 unspecified atom stereocenters. The number of amides is 1. The van der Waals surface area contributed by atoms with E-state index in [0.29, 0.717) is 19.5 Å². The molecule has 3 nitrogen and oxygen atoms in total. The molecule has 1 saturated heterocycles. The third kappa shape index (κ3) is 2.73. The lowest BCUT2D eigenvalue weighted by molar-refractivity contribution is 0.0781. The fourth-order valence-electron chi connectivity index (χ4n) is 1.83. The molecule has 0 radical (unpaired) electrons. The fraction of sp³-hybridized carbons (Fsp3) is 0.364. The molecule has 2 rings (SSSR count). The molecule has 0 saturated carbocycles. The van der Waals surface area contributed by atoms with E-state index in [1.807, 2.05) is 0 Å². The second-order valence-corrected chi connectivity index (χ2v) is 3.90. The molecule has 2 N–H and O–H groups in total. The molecule has 0 aliphatic carbocycles. The Balaban J connectivity index is 0.00000144. The summed E-state index contributed by atoms with van der Waals surface area (Å²) in [6.45, 7) is 0.806. The van der Waals surface area contributed by atoms with Gasteiger partial charge in [0.15, 0.2) is 0 Å². The van der Waals surface area contributed by atoms with Crippen molar-refractivity contribution >= 4 is 18.3 Å². The van der Waals surface area contributed by atoms with Crippen molar-refractivity contribution in [2.45, 2.75) is 12.5 Å². The van der Waals surface area contributed by atoms with E-state index in [1.165, 1.54) is 11.0 Å². The second kappa shape index (κ2) is 5.42. The number of benzene rings is 1. The quantitative estimate of drug-likeness (QED) is 0.835. The lowest BCUT2D eigenvalue weighted by Gasteiger charge is -2.16. The second-order valence-electron chi connectivity index (χ2n) is 3.90. The first-order chi connectivity index (χ1) is 7.59. The number of nitrogens with two attached hydrogens (primary N) is 1. The van der Waals surface area contributed by atoms with Crippen LogP contribution in [0.3, 0.4) is 0 Å². The van der Waals surface area contributed by atoms with Gasteiger partial charge >= 0.3 is 0 Å². The molecule has 6 heteroatoms. The Morgan fingerprint density at radius 3 is 2.41 bits per heavy atom. The maximum absolute atomic E-state index is 13.3. The summed E-state index contributed by atoms with van der Waals surface area (Å²) in [5.74, 6) is -2.28. The Morgan fingerprint density at radius 2 is 1.94 bits per heavy atom. The topological polar surface area (TPSA) is 46.3 Å². The van der Waals surface area contributed by atoms with Crippen molar-refractivity contribution in [2.75, 3.05) is 13.1 Å². The van der Waals surface area contributed by atoms with Crippen LogP contribution < -0.4 is 5.73 Å². The number of likely N-dealkylation sites (tertiary alicyclic amines) is 1. The fourth-order valence-corrected chi connectivity index (χ4v) is 1.83. The van der Waals surface area contributed by atoms with Gasteiger partial charge in [-0.05, 0) is 18.6 Å². The van der Waals surface area contributed by atoms with Gasteiger partial charge in [0.2, 0.25) is 0 Å². The lowest BCUT2D eigenvalue weighted by Crippen LogP contribution is -2.33. The summed E-state index contributed by atoms with van der Waals surface area (Å²) in [5, 5.41) is 0. The minimum absolute atomic E-state index is 0. The summed E-state index contributed by atoms with van der Waals surface area (Å²) < 4.78 is 26.7. The number of hydrogen-bond donors (Lipinski definition) is 1. The highest BCUT2D eigenvalue weighted by atomic mass is 35.5. The number of rotatable bonds is 1. The highest BCUT2D eigenvalue weighted by Gasteiger charge is 2.28. The van der Waals surface area contributed by atoms with Crippen LogP contribution in [0.4, 0.5) is 8.78 Å². The van der Waals surface area contributed by atoms with Gasteiger partial charge in [0, 0.05) is 19.1 Å². The predicted molar refractivity (Wildman–Crippen MR) is 62.1 cm³/mol. The number of nitrogens with zero attached hydrogens (tertiary/aromatic N) is 1. The monoisotopic (exact) mass is 262 g/mol. The number of carbonyl (C=O) groups excluding carboxylic acids is 1. The molecule has 0 aromatic heterocycles. The van der Waals surface area contributed by atoms with E-state index < -0.39 is 23.1 Å². The van der Waals surface area contributed by atoms with E-state index >= 15 is 0 Å². The van der Waals surface area contributed by atoms with Crippen molar-refractivity contribution in [3.8, 4) is 0 Å². The minimum atomic E-state index is -0.828. The van der Waals surface area contributed by atoms with Crippen LogP contribution in [-0.4, -0.2) is 29.9 Å². The molecule has 1 aliphatic rings. The zero-order valence-electron chi connectivity index (χ0n) is 9.03. The Morgan fingerprint density at radius 1 is 1.35 bits per heavy atom. The van der Waals surface area contributed by atoms with Crippen LogP contribution in [0.25, 0.3) is 0 Å². The first-order valence-electron chi connectivity index (χ1n) is 5.08. The van der Waals surface area contributed by atoms with Gasteiger partial charge in [0.1, 0.15) is 17.2 Å². The molecule has 1 amide bonds. The van der Waals surface area contributed by atoms with Gasteiger partial charge in [0.25, 0.3) is 5.91 Å². The van der Waals surface area contributed by atoms with Crippen molar-refractivity contribution in [2.24, 2.45) is 5.73 Å². The van der Waals surface area contributed by atoms with Gasteiger partial charge in [-0.2, -0.15) is 0 Å². The van der Waals surface area contributed by atoms with Crippen molar-refractivity contribution in [3.05, 3.63) is 35.4 Å². The Labute approximate surface area is 104 Å². The molecule has 17 heavy (non-hydrogen) atoms. The van der Waals surface area contributed by atoms with Crippen molar-refractivity contribution in [1.82, 2.24) is 4.90 Å². The number of halogens is 3. The summed E-state index contributed by atoms with van der Waals surface area (Å²) in [4.78, 5) is 13.2. The Kier molecular flexibility index (Phi) is 4.42. The van der Waals surface area contributed by atoms with Crippen LogP contribution in [0.5, 0.6) is 0 Å². The SMILES string of the molecule is Cl.N[C@@H]1CCN(C(=O)c2c(F)cccc2F)C1. The summed E-state index contributed by atoms with van der Waals surface area (Å²) in [6, 6.07) is 3.29. The molecule has 1 aromatic carbocycles. The molecule has 0 bridgehead atoms. The van der Waals surface area contributed by atoms with Gasteiger partial charge in [0.05, 0.1) is 0 Å². The van der Waals surface area contributed by atoms with E-state index in [0.717, 1.165) is 12.1 Å². The van der Waals surface area contributed by atoms with Crippen LogP contribution in [0.15, 0.2) is 18.2 Å². The zero-order valence-corrected chi connectivity index (χ0v) is 9.84. The molecule has 1 aliphatic heterocycles. The van der Waals surface area contributed by atoms with Gasteiger partial charge < -0.3 is 10.6 Å². The smallest absolute Gasteiger partial charge is 0.259 e. The van der Waals surface area contributed by atoms with E-state index in [2.05, 4.69) is 0 Å². The van der Waals surface area contributed by atoms with Gasteiger partial charge in [-0.1, -0.05) is 6.07 Å². The summed E-state index contributed by atoms with van der Waals surface area (Å²) in [6.07, 6.45) is 0.668. The largest absolute Gasteiger partial charge is 0.337 e. The van der Waals surface area contributed by atoms with Crippen LogP contribution in [-0.2, 0) is 0 Å². The number of carbonyl (C=O) groups is 1. The minimum Gasteiger partial charge on any atom is -0.337 e. The van der Waals surface area contributed by atoms with Crippen LogP contribution in [0, 0.1) is 11.6 Å². The van der Waals surface area contributed by atoms with Crippen LogP contribution >= 0.6 is 12.4 Å². The van der Waals surface area contributed by atoms with E-state index in [9.17, 15) is 13.6 Å². The molecule has 1 aromatic rings. The zero-order chi connectivity index (χ0) is 11.7. The van der Waals surface area contributed by atoms with Crippen molar-refractivity contribution in [1.29, 1.82) is 0 Å². The average molecular weight is 263 g/mol. The molecular weight excluding hydrogens is 250 g/mol. The standard InChI is InChI=1S/C11H12F2N2O.ClH/c12-8-2-1-3-9(13)10(8)11(16)15-5-4-7(14)6-15;/h1-3,7H,4-6,14H2;1H/t7-;/m1./s1.